The average molecular weight is 581 g/mol. The van der Waals surface area contributed by atoms with Crippen LogP contribution >= 0.6 is 15.9 Å². The fourth-order valence-electron chi connectivity index (χ4n) is 3.81. The van der Waals surface area contributed by atoms with Gasteiger partial charge in [-0.2, -0.15) is 5.10 Å². The summed E-state index contributed by atoms with van der Waals surface area (Å²) < 4.78 is 19.1. The molecule has 37 heavy (non-hydrogen) atoms. The first-order chi connectivity index (χ1) is 17.1. The van der Waals surface area contributed by atoms with Crippen LogP contribution in [0.4, 0.5) is 9.18 Å². The van der Waals surface area contributed by atoms with Gasteiger partial charge in [0.1, 0.15) is 11.1 Å². The van der Waals surface area contributed by atoms with E-state index in [9.17, 15) is 18.8 Å². The van der Waals surface area contributed by atoms with Crippen LogP contribution in [0.3, 0.4) is 0 Å². The van der Waals surface area contributed by atoms with Crippen LogP contribution in [0.2, 0.25) is 0 Å². The zero-order chi connectivity index (χ0) is 27.6. The Morgan fingerprint density at radius 1 is 1.14 bits per heavy atom. The fourth-order valence-corrected chi connectivity index (χ4v) is 3.90. The summed E-state index contributed by atoms with van der Waals surface area (Å²) >= 11 is 3.36. The highest BCUT2D eigenvalue weighted by atomic mass is 79.9. The Hall–Kier alpha value is -3.02. The molecule has 1 atom stereocenters. The number of piperidine rings is 1. The first kappa shape index (κ1) is 28.5. The minimum absolute atomic E-state index is 0.224. The Morgan fingerprint density at radius 2 is 1.78 bits per heavy atom. The lowest BCUT2D eigenvalue weighted by Crippen LogP contribution is -2.65. The standard InChI is InChI=1S/C25H34BrFN6O4/c1-16(17-7-8-19(28-13-17)33-15-18(27)14-29-33)30-21(35)25(31-20(34)24(5,6)26)9-11-32(12-10-25)22(36)37-23(2,3)4/h7-8,13-16H,9-12H2,1-6H3,(H,30,35)(H,31,34)/t16-/m0/s1. The number of amides is 3. The van der Waals surface area contributed by atoms with E-state index in [1.165, 1.54) is 10.9 Å². The Kier molecular flexibility index (Phi) is 8.31. The van der Waals surface area contributed by atoms with Crippen LogP contribution in [0.15, 0.2) is 30.7 Å². The molecule has 1 aliphatic rings. The molecular weight excluding hydrogens is 547 g/mol. The molecule has 0 saturated carbocycles. The molecule has 202 valence electrons. The molecule has 0 aliphatic carbocycles. The number of halogens is 2. The topological polar surface area (TPSA) is 118 Å². The van der Waals surface area contributed by atoms with Crippen LogP contribution < -0.4 is 10.6 Å². The van der Waals surface area contributed by atoms with Crippen molar-refractivity contribution in [2.24, 2.45) is 0 Å². The van der Waals surface area contributed by atoms with E-state index in [1.54, 1.807) is 57.8 Å². The molecule has 12 heteroatoms. The van der Waals surface area contributed by atoms with Crippen LogP contribution in [-0.4, -0.2) is 66.1 Å². The minimum Gasteiger partial charge on any atom is -0.444 e. The van der Waals surface area contributed by atoms with Crippen molar-refractivity contribution >= 4 is 33.8 Å². The van der Waals surface area contributed by atoms with Gasteiger partial charge in [-0.3, -0.25) is 9.59 Å². The summed E-state index contributed by atoms with van der Waals surface area (Å²) in [5.41, 5.74) is -1.13. The summed E-state index contributed by atoms with van der Waals surface area (Å²) in [5.74, 6) is -0.724. The number of nitrogens with one attached hydrogen (secondary N) is 2. The Labute approximate surface area is 224 Å². The third-order valence-electron chi connectivity index (χ3n) is 6.00. The third-order valence-corrected chi connectivity index (χ3v) is 6.36. The van der Waals surface area contributed by atoms with Gasteiger partial charge in [-0.15, -0.1) is 0 Å². The van der Waals surface area contributed by atoms with E-state index in [0.717, 1.165) is 11.8 Å². The molecule has 1 aliphatic heterocycles. The molecule has 3 amide bonds. The Balaban J connectivity index is 1.74. The normalized spacial score (nSPS) is 16.6. The van der Waals surface area contributed by atoms with Crippen molar-refractivity contribution in [1.29, 1.82) is 0 Å². The van der Waals surface area contributed by atoms with Crippen LogP contribution in [0, 0.1) is 5.82 Å². The monoisotopic (exact) mass is 580 g/mol. The molecule has 3 rings (SSSR count). The number of aromatic nitrogens is 3. The molecule has 2 aromatic heterocycles. The molecule has 1 saturated heterocycles. The maximum absolute atomic E-state index is 13.6. The van der Waals surface area contributed by atoms with Gasteiger partial charge in [0, 0.05) is 19.3 Å². The maximum Gasteiger partial charge on any atom is 0.410 e. The lowest BCUT2D eigenvalue weighted by Gasteiger charge is -2.42. The number of pyridine rings is 1. The van der Waals surface area contributed by atoms with E-state index in [0.29, 0.717) is 5.82 Å². The number of likely N-dealkylation sites (tertiary alicyclic amines) is 1. The molecule has 0 radical (unpaired) electrons. The molecule has 0 spiro atoms. The van der Waals surface area contributed by atoms with E-state index < -0.39 is 33.4 Å². The number of carbonyl (C=O) groups is 3. The van der Waals surface area contributed by atoms with Crippen molar-refractivity contribution < 1.29 is 23.5 Å². The SMILES string of the molecule is C[C@H](NC(=O)C1(NC(=O)C(C)(C)Br)CCN(C(=O)OC(C)(C)C)CC1)c1ccc(-n2cc(F)cn2)nc1. The van der Waals surface area contributed by atoms with Gasteiger partial charge < -0.3 is 20.3 Å². The second kappa shape index (κ2) is 10.8. The van der Waals surface area contributed by atoms with Crippen molar-refractivity contribution in [2.45, 2.75) is 75.9 Å². The van der Waals surface area contributed by atoms with Crippen LogP contribution in [-0.2, 0) is 14.3 Å². The Bertz CT molecular complexity index is 1130. The molecule has 10 nitrogen and oxygen atoms in total. The summed E-state index contributed by atoms with van der Waals surface area (Å²) in [7, 11) is 0. The van der Waals surface area contributed by atoms with Gasteiger partial charge in [0.15, 0.2) is 11.6 Å². The number of ether oxygens (including phenoxy) is 1. The summed E-state index contributed by atoms with van der Waals surface area (Å²) in [5, 5.41) is 9.81. The van der Waals surface area contributed by atoms with E-state index in [1.807, 2.05) is 6.92 Å². The molecule has 0 bridgehead atoms. The zero-order valence-electron chi connectivity index (χ0n) is 22.0. The van der Waals surface area contributed by atoms with Crippen molar-refractivity contribution in [2.75, 3.05) is 13.1 Å². The van der Waals surface area contributed by atoms with Crippen LogP contribution in [0.1, 0.15) is 66.0 Å². The van der Waals surface area contributed by atoms with Gasteiger partial charge in [0.05, 0.1) is 22.8 Å². The maximum atomic E-state index is 13.6. The highest BCUT2D eigenvalue weighted by Crippen LogP contribution is 2.28. The van der Waals surface area contributed by atoms with E-state index in [4.69, 9.17) is 4.74 Å². The summed E-state index contributed by atoms with van der Waals surface area (Å²) in [4.78, 5) is 44.9. The lowest BCUT2D eigenvalue weighted by atomic mass is 9.85. The largest absolute Gasteiger partial charge is 0.444 e. The van der Waals surface area contributed by atoms with Crippen molar-refractivity contribution in [1.82, 2.24) is 30.3 Å². The van der Waals surface area contributed by atoms with Gasteiger partial charge in [-0.25, -0.2) is 18.9 Å². The average Bonchev–Trinajstić information content (AvgIpc) is 3.24. The predicted octanol–water partition coefficient (Wildman–Crippen LogP) is 3.64. The van der Waals surface area contributed by atoms with Gasteiger partial charge in [0.2, 0.25) is 11.8 Å². The molecule has 1 fully saturated rings. The summed E-state index contributed by atoms with van der Waals surface area (Å²) in [6, 6.07) is 3.01. The zero-order valence-corrected chi connectivity index (χ0v) is 23.6. The predicted molar refractivity (Wildman–Crippen MR) is 139 cm³/mol. The number of nitrogens with zero attached hydrogens (tertiary/aromatic N) is 4. The lowest BCUT2D eigenvalue weighted by molar-refractivity contribution is -0.136. The molecule has 2 N–H and O–H groups in total. The fraction of sp³-hybridized carbons (Fsp3) is 0.560. The summed E-state index contributed by atoms with van der Waals surface area (Å²) in [6.07, 6.45) is 3.88. The van der Waals surface area contributed by atoms with Gasteiger partial charge in [0.25, 0.3) is 0 Å². The van der Waals surface area contributed by atoms with Gasteiger partial charge >= 0.3 is 6.09 Å². The number of carbonyl (C=O) groups excluding carboxylic acids is 3. The number of rotatable bonds is 6. The number of hydrogen-bond donors (Lipinski definition) is 2. The van der Waals surface area contributed by atoms with Gasteiger partial charge in [-0.1, -0.05) is 22.0 Å². The molecular formula is C25H34BrFN6O4. The second-order valence-electron chi connectivity index (χ2n) is 10.7. The minimum atomic E-state index is -1.21. The highest BCUT2D eigenvalue weighted by molar-refractivity contribution is 9.10. The smallest absolute Gasteiger partial charge is 0.410 e. The van der Waals surface area contributed by atoms with Gasteiger partial charge in [-0.05, 0) is 66.0 Å². The molecule has 3 heterocycles. The second-order valence-corrected chi connectivity index (χ2v) is 12.7. The number of alkyl halides is 1. The van der Waals surface area contributed by atoms with Crippen molar-refractivity contribution in [3.63, 3.8) is 0 Å². The van der Waals surface area contributed by atoms with Crippen LogP contribution in [0.25, 0.3) is 5.82 Å². The number of hydrogen-bond acceptors (Lipinski definition) is 6. The van der Waals surface area contributed by atoms with E-state index in [2.05, 4.69) is 36.6 Å². The van der Waals surface area contributed by atoms with Crippen molar-refractivity contribution in [3.8, 4) is 5.82 Å². The molecule has 0 unspecified atom stereocenters. The quantitative estimate of drug-likeness (QED) is 0.503. The Morgan fingerprint density at radius 3 is 2.27 bits per heavy atom. The highest BCUT2D eigenvalue weighted by Gasteiger charge is 2.46. The third kappa shape index (κ3) is 7.27. The van der Waals surface area contributed by atoms with Crippen molar-refractivity contribution in [3.05, 3.63) is 42.1 Å². The first-order valence-corrected chi connectivity index (χ1v) is 12.9. The summed E-state index contributed by atoms with van der Waals surface area (Å²) in [6.45, 7) is 11.1. The first-order valence-electron chi connectivity index (χ1n) is 12.1. The van der Waals surface area contributed by atoms with E-state index in [-0.39, 0.29) is 37.7 Å². The molecule has 2 aromatic rings. The molecule has 0 aromatic carbocycles. The van der Waals surface area contributed by atoms with E-state index >= 15 is 0 Å². The van der Waals surface area contributed by atoms with Crippen LogP contribution in [0.5, 0.6) is 0 Å².